The summed E-state index contributed by atoms with van der Waals surface area (Å²) in [6.45, 7) is 3.98. The number of halogens is 1. The van der Waals surface area contributed by atoms with Gasteiger partial charge in [0, 0.05) is 38.8 Å². The molecule has 0 aliphatic carbocycles. The third-order valence-electron chi connectivity index (χ3n) is 5.48. The molecule has 4 aromatic rings. The van der Waals surface area contributed by atoms with Gasteiger partial charge >= 0.3 is 0 Å². The van der Waals surface area contributed by atoms with Crippen LogP contribution in [0, 0.1) is 0 Å². The lowest BCUT2D eigenvalue weighted by atomic mass is 9.99. The van der Waals surface area contributed by atoms with Crippen LogP contribution in [0.4, 0.5) is 5.69 Å². The molecule has 3 aromatic carbocycles. The lowest BCUT2D eigenvalue weighted by molar-refractivity contribution is -0.111. The Bertz CT molecular complexity index is 1300. The summed E-state index contributed by atoms with van der Waals surface area (Å²) in [4.78, 5) is 12.7. The monoisotopic (exact) mass is 489 g/mol. The first-order chi connectivity index (χ1) is 15.5. The minimum Gasteiger partial charge on any atom is -0.496 e. The number of anilines is 1. The van der Waals surface area contributed by atoms with Crippen LogP contribution in [-0.4, -0.2) is 13.0 Å². The Morgan fingerprint density at radius 3 is 2.59 bits per heavy atom. The van der Waals surface area contributed by atoms with Crippen molar-refractivity contribution in [1.29, 1.82) is 0 Å². The second kappa shape index (κ2) is 9.45. The number of ether oxygens (including phenoxy) is 1. The van der Waals surface area contributed by atoms with Gasteiger partial charge in [0.1, 0.15) is 11.3 Å². The second-order valence-corrected chi connectivity index (χ2v) is 8.45. The summed E-state index contributed by atoms with van der Waals surface area (Å²) >= 11 is 3.48. The Labute approximate surface area is 196 Å². The molecule has 162 valence electrons. The zero-order valence-electron chi connectivity index (χ0n) is 18.2. The van der Waals surface area contributed by atoms with E-state index in [1.165, 1.54) is 0 Å². The van der Waals surface area contributed by atoms with Crippen molar-refractivity contribution in [3.05, 3.63) is 88.6 Å². The molecule has 0 radical (unpaired) electrons. The van der Waals surface area contributed by atoms with Crippen LogP contribution < -0.4 is 10.1 Å². The van der Waals surface area contributed by atoms with Crippen molar-refractivity contribution < 1.29 is 13.9 Å². The second-order valence-electron chi connectivity index (χ2n) is 7.53. The van der Waals surface area contributed by atoms with Crippen molar-refractivity contribution in [2.75, 3.05) is 12.4 Å². The minimum absolute atomic E-state index is 0.175. The lowest BCUT2D eigenvalue weighted by Gasteiger charge is -2.11. The zero-order valence-corrected chi connectivity index (χ0v) is 19.8. The number of hydrogen-bond donors (Lipinski definition) is 1. The molecular weight excluding hydrogens is 466 g/mol. The van der Waals surface area contributed by atoms with Crippen molar-refractivity contribution in [2.45, 2.75) is 20.3 Å². The van der Waals surface area contributed by atoms with Crippen molar-refractivity contribution in [1.82, 2.24) is 0 Å². The van der Waals surface area contributed by atoms with E-state index in [0.717, 1.165) is 55.4 Å². The SMILES string of the molecule is CCc1ccccc1NC(=O)/C=C(\C)c1cc2c(-c3ccc(Br)cc3)coc2cc1OC. The molecule has 0 fully saturated rings. The number of amides is 1. The first kappa shape index (κ1) is 21.9. The summed E-state index contributed by atoms with van der Waals surface area (Å²) in [5.41, 5.74) is 6.36. The zero-order chi connectivity index (χ0) is 22.7. The Morgan fingerprint density at radius 1 is 1.12 bits per heavy atom. The van der Waals surface area contributed by atoms with Gasteiger partial charge in [-0.1, -0.05) is 53.2 Å². The van der Waals surface area contributed by atoms with Gasteiger partial charge in [0.15, 0.2) is 0 Å². The van der Waals surface area contributed by atoms with Gasteiger partial charge in [-0.05, 0) is 54.3 Å². The van der Waals surface area contributed by atoms with Crippen molar-refractivity contribution in [3.8, 4) is 16.9 Å². The number of hydrogen-bond acceptors (Lipinski definition) is 3. The number of para-hydroxylation sites is 1. The average Bonchev–Trinajstić information content (AvgIpc) is 3.21. The molecule has 0 saturated carbocycles. The summed E-state index contributed by atoms with van der Waals surface area (Å²) in [5, 5.41) is 3.96. The molecule has 0 saturated heterocycles. The van der Waals surface area contributed by atoms with Crippen LogP contribution in [0.3, 0.4) is 0 Å². The highest BCUT2D eigenvalue weighted by atomic mass is 79.9. The Morgan fingerprint density at radius 2 is 1.88 bits per heavy atom. The van der Waals surface area contributed by atoms with Gasteiger partial charge < -0.3 is 14.5 Å². The van der Waals surface area contributed by atoms with Gasteiger partial charge in [-0.15, -0.1) is 0 Å². The van der Waals surface area contributed by atoms with E-state index < -0.39 is 0 Å². The summed E-state index contributed by atoms with van der Waals surface area (Å²) in [6.07, 6.45) is 4.21. The number of carbonyl (C=O) groups is 1. The van der Waals surface area contributed by atoms with E-state index in [0.29, 0.717) is 5.75 Å². The van der Waals surface area contributed by atoms with Crippen LogP contribution in [-0.2, 0) is 11.2 Å². The highest BCUT2D eigenvalue weighted by Crippen LogP contribution is 2.37. The number of rotatable bonds is 6. The highest BCUT2D eigenvalue weighted by molar-refractivity contribution is 9.10. The maximum absolute atomic E-state index is 12.7. The fourth-order valence-corrected chi connectivity index (χ4v) is 4.04. The number of benzene rings is 3. The van der Waals surface area contributed by atoms with Gasteiger partial charge in [-0.25, -0.2) is 0 Å². The number of allylic oxidation sites excluding steroid dienone is 1. The summed E-state index contributed by atoms with van der Waals surface area (Å²) < 4.78 is 12.4. The van der Waals surface area contributed by atoms with E-state index in [1.807, 2.05) is 67.6 Å². The molecule has 1 amide bonds. The van der Waals surface area contributed by atoms with Gasteiger partial charge in [-0.3, -0.25) is 4.79 Å². The normalized spacial score (nSPS) is 11.6. The third-order valence-corrected chi connectivity index (χ3v) is 6.01. The summed E-state index contributed by atoms with van der Waals surface area (Å²) in [7, 11) is 1.62. The van der Waals surface area contributed by atoms with Crippen LogP contribution in [0.2, 0.25) is 0 Å². The number of aryl methyl sites for hydroxylation is 1. The molecule has 0 bridgehead atoms. The molecule has 5 heteroatoms. The lowest BCUT2D eigenvalue weighted by Crippen LogP contribution is -2.10. The number of fused-ring (bicyclic) bond motifs is 1. The number of methoxy groups -OCH3 is 1. The Balaban J connectivity index is 1.71. The molecular formula is C27H24BrNO3. The number of carbonyl (C=O) groups excluding carboxylic acids is 1. The van der Waals surface area contributed by atoms with Crippen molar-refractivity contribution >= 4 is 44.1 Å². The molecule has 32 heavy (non-hydrogen) atoms. The smallest absolute Gasteiger partial charge is 0.248 e. The predicted molar refractivity (Wildman–Crippen MR) is 134 cm³/mol. The van der Waals surface area contributed by atoms with E-state index in [-0.39, 0.29) is 5.91 Å². The van der Waals surface area contributed by atoms with E-state index in [4.69, 9.17) is 9.15 Å². The number of furan rings is 1. The third kappa shape index (κ3) is 4.48. The van der Waals surface area contributed by atoms with Crippen LogP contribution >= 0.6 is 15.9 Å². The fraction of sp³-hybridized carbons (Fsp3) is 0.148. The first-order valence-corrected chi connectivity index (χ1v) is 11.2. The van der Waals surface area contributed by atoms with E-state index in [9.17, 15) is 4.79 Å². The standard InChI is InChI=1S/C27H24BrNO3/c1-4-18-7-5-6-8-24(18)29-27(30)13-17(2)21-14-22-23(19-9-11-20(28)12-10-19)16-32-26(22)15-25(21)31-3/h5-16H,4H2,1-3H3,(H,29,30)/b17-13+. The topological polar surface area (TPSA) is 51.5 Å². The van der Waals surface area contributed by atoms with Crippen molar-refractivity contribution in [3.63, 3.8) is 0 Å². The van der Waals surface area contributed by atoms with Crippen LogP contribution in [0.25, 0.3) is 27.7 Å². The van der Waals surface area contributed by atoms with Crippen LogP contribution in [0.1, 0.15) is 25.0 Å². The molecule has 0 aliphatic heterocycles. The van der Waals surface area contributed by atoms with Gasteiger partial charge in [0.25, 0.3) is 0 Å². The average molecular weight is 490 g/mol. The molecule has 1 N–H and O–H groups in total. The van der Waals surface area contributed by atoms with E-state index in [1.54, 1.807) is 19.4 Å². The predicted octanol–water partition coefficient (Wildman–Crippen LogP) is 7.48. The van der Waals surface area contributed by atoms with Crippen molar-refractivity contribution in [2.24, 2.45) is 0 Å². The molecule has 1 heterocycles. The van der Waals surface area contributed by atoms with Crippen LogP contribution in [0.5, 0.6) is 5.75 Å². The maximum Gasteiger partial charge on any atom is 0.248 e. The van der Waals surface area contributed by atoms with Gasteiger partial charge in [0.2, 0.25) is 5.91 Å². The maximum atomic E-state index is 12.7. The quantitative estimate of drug-likeness (QED) is 0.285. The fourth-order valence-electron chi connectivity index (χ4n) is 3.78. The Kier molecular flexibility index (Phi) is 6.47. The van der Waals surface area contributed by atoms with E-state index in [2.05, 4.69) is 28.2 Å². The molecule has 4 nitrogen and oxygen atoms in total. The molecule has 0 unspecified atom stereocenters. The first-order valence-electron chi connectivity index (χ1n) is 10.4. The minimum atomic E-state index is -0.175. The molecule has 0 atom stereocenters. The number of nitrogens with one attached hydrogen (secondary N) is 1. The highest BCUT2D eigenvalue weighted by Gasteiger charge is 2.15. The van der Waals surface area contributed by atoms with Crippen LogP contribution in [0.15, 0.2) is 81.9 Å². The van der Waals surface area contributed by atoms with E-state index >= 15 is 0 Å². The summed E-state index contributed by atoms with van der Waals surface area (Å²) in [5.74, 6) is 0.482. The Hall–Kier alpha value is -3.31. The summed E-state index contributed by atoms with van der Waals surface area (Å²) in [6, 6.07) is 19.8. The van der Waals surface area contributed by atoms with Gasteiger partial charge in [0.05, 0.1) is 13.4 Å². The molecule has 4 rings (SSSR count). The largest absolute Gasteiger partial charge is 0.496 e. The molecule has 0 spiro atoms. The molecule has 0 aliphatic rings. The van der Waals surface area contributed by atoms with Gasteiger partial charge in [-0.2, -0.15) is 0 Å². The molecule has 1 aromatic heterocycles.